The normalized spacial score (nSPS) is 36.2. The quantitative estimate of drug-likeness (QED) is 0.706. The maximum absolute atomic E-state index is 11.9. The smallest absolute Gasteiger partial charge is 0.307 e. The van der Waals surface area contributed by atoms with Gasteiger partial charge < -0.3 is 5.11 Å². The number of Topliss-reactive ketones (excluding diaryl/α,β-unsaturated/α-hetero) is 1. The van der Waals surface area contributed by atoms with Crippen LogP contribution in [-0.2, 0) is 9.59 Å². The Bertz CT molecular complexity index is 310. The van der Waals surface area contributed by atoms with Crippen LogP contribution in [0, 0.1) is 17.3 Å². The molecule has 0 aliphatic heterocycles. The molecule has 3 nitrogen and oxygen atoms in total. The molecule has 0 spiro atoms. The lowest BCUT2D eigenvalue weighted by atomic mass is 9.91. The van der Waals surface area contributed by atoms with Gasteiger partial charge in [0.25, 0.3) is 0 Å². The lowest BCUT2D eigenvalue weighted by molar-refractivity contribution is -0.142. The van der Waals surface area contributed by atoms with Crippen molar-refractivity contribution in [3.63, 3.8) is 0 Å². The van der Waals surface area contributed by atoms with Gasteiger partial charge in [0, 0.05) is 11.8 Å². The van der Waals surface area contributed by atoms with Gasteiger partial charge >= 0.3 is 5.97 Å². The summed E-state index contributed by atoms with van der Waals surface area (Å²) in [4.78, 5) is 22.9. The fourth-order valence-electron chi connectivity index (χ4n) is 3.56. The van der Waals surface area contributed by atoms with Gasteiger partial charge in [-0.05, 0) is 18.8 Å². The predicted octanol–water partition coefficient (Wildman–Crippen LogP) is 2.64. The number of hydrogen-bond donors (Lipinski definition) is 1. The van der Waals surface area contributed by atoms with E-state index < -0.39 is 11.4 Å². The molecule has 0 amide bonds. The minimum atomic E-state index is -0.756. The molecular formula is C13H20O3. The minimum Gasteiger partial charge on any atom is -0.481 e. The fraction of sp³-hybridized carbons (Fsp3) is 0.846. The van der Waals surface area contributed by atoms with Crippen LogP contribution in [0.25, 0.3) is 0 Å². The maximum atomic E-state index is 11.9. The van der Waals surface area contributed by atoms with E-state index in [9.17, 15) is 9.59 Å². The average Bonchev–Trinajstić information content (AvgIpc) is 2.81. The van der Waals surface area contributed by atoms with Crippen LogP contribution in [0.3, 0.4) is 0 Å². The molecule has 0 heterocycles. The van der Waals surface area contributed by atoms with Gasteiger partial charge in [-0.3, -0.25) is 9.59 Å². The third kappa shape index (κ3) is 1.57. The Hall–Kier alpha value is -0.860. The van der Waals surface area contributed by atoms with Crippen LogP contribution < -0.4 is 0 Å². The van der Waals surface area contributed by atoms with Gasteiger partial charge in [0.05, 0.1) is 5.92 Å². The molecular weight excluding hydrogens is 204 g/mol. The summed E-state index contributed by atoms with van der Waals surface area (Å²) in [6, 6.07) is 0. The van der Waals surface area contributed by atoms with Gasteiger partial charge in [0.1, 0.15) is 5.78 Å². The first-order valence-corrected chi connectivity index (χ1v) is 6.40. The summed E-state index contributed by atoms with van der Waals surface area (Å²) in [5, 5.41) is 9.09. The third-order valence-corrected chi connectivity index (χ3v) is 4.42. The second kappa shape index (κ2) is 4.19. The second-order valence-electron chi connectivity index (χ2n) is 5.24. The summed E-state index contributed by atoms with van der Waals surface area (Å²) < 4.78 is 0. The molecule has 2 aliphatic carbocycles. The van der Waals surface area contributed by atoms with Crippen molar-refractivity contribution >= 4 is 11.8 Å². The summed E-state index contributed by atoms with van der Waals surface area (Å²) in [6.07, 6.45) is 6.74. The second-order valence-corrected chi connectivity index (χ2v) is 5.24. The molecule has 0 aromatic carbocycles. The molecule has 0 unspecified atom stereocenters. The van der Waals surface area contributed by atoms with Crippen molar-refractivity contribution < 1.29 is 14.7 Å². The Labute approximate surface area is 96.2 Å². The Kier molecular flexibility index (Phi) is 3.04. The predicted molar refractivity (Wildman–Crippen MR) is 60.0 cm³/mol. The van der Waals surface area contributed by atoms with Gasteiger partial charge in [0.15, 0.2) is 0 Å². The van der Waals surface area contributed by atoms with Crippen LogP contribution in [0.15, 0.2) is 0 Å². The first kappa shape index (κ1) is 11.6. The number of carbonyl (C=O) groups is 2. The molecule has 0 aromatic rings. The fourth-order valence-corrected chi connectivity index (χ4v) is 3.56. The average molecular weight is 224 g/mol. The first-order chi connectivity index (χ1) is 7.64. The zero-order valence-electron chi connectivity index (χ0n) is 9.87. The number of fused-ring (bicyclic) bond motifs is 1. The molecule has 2 aliphatic rings. The van der Waals surface area contributed by atoms with E-state index in [0.29, 0.717) is 6.42 Å². The van der Waals surface area contributed by atoms with E-state index in [1.54, 1.807) is 0 Å². The highest BCUT2D eigenvalue weighted by Crippen LogP contribution is 2.68. The lowest BCUT2D eigenvalue weighted by Crippen LogP contribution is -2.19. The standard InChI is InChI=1S/C13H20O3/c1-2-3-4-5-8-13-9(6-7-10(13)14)11(13)12(15)16/h9,11H,2-8H2,1H3,(H,15,16)/t9-,11-,13-/m1/s1. The SMILES string of the molecule is CCCCCC[C@]12C(=O)CC[C@@H]1[C@@H]2C(=O)O. The molecule has 0 aromatic heterocycles. The van der Waals surface area contributed by atoms with E-state index >= 15 is 0 Å². The Morgan fingerprint density at radius 3 is 2.75 bits per heavy atom. The molecule has 2 fully saturated rings. The van der Waals surface area contributed by atoms with E-state index in [0.717, 1.165) is 25.7 Å². The number of aliphatic carboxylic acids is 1. The highest BCUT2D eigenvalue weighted by Gasteiger charge is 2.73. The Morgan fingerprint density at radius 2 is 2.19 bits per heavy atom. The Morgan fingerprint density at radius 1 is 1.44 bits per heavy atom. The molecule has 0 bridgehead atoms. The van der Waals surface area contributed by atoms with Gasteiger partial charge in [-0.2, -0.15) is 0 Å². The largest absolute Gasteiger partial charge is 0.481 e. The summed E-state index contributed by atoms with van der Waals surface area (Å²) in [5.74, 6) is -0.718. The lowest BCUT2D eigenvalue weighted by Gasteiger charge is -2.11. The summed E-state index contributed by atoms with van der Waals surface area (Å²) >= 11 is 0. The van der Waals surface area contributed by atoms with Gasteiger partial charge in [-0.25, -0.2) is 0 Å². The number of rotatable bonds is 6. The van der Waals surface area contributed by atoms with Crippen molar-refractivity contribution in [3.05, 3.63) is 0 Å². The molecule has 0 radical (unpaired) electrons. The molecule has 3 atom stereocenters. The van der Waals surface area contributed by atoms with Crippen molar-refractivity contribution in [2.24, 2.45) is 17.3 Å². The van der Waals surface area contributed by atoms with Crippen molar-refractivity contribution in [2.75, 3.05) is 0 Å². The van der Waals surface area contributed by atoms with Crippen molar-refractivity contribution in [3.8, 4) is 0 Å². The van der Waals surface area contributed by atoms with E-state index in [2.05, 4.69) is 6.92 Å². The molecule has 0 saturated heterocycles. The van der Waals surface area contributed by atoms with Crippen LogP contribution in [0.5, 0.6) is 0 Å². The van der Waals surface area contributed by atoms with Crippen LogP contribution in [0.4, 0.5) is 0 Å². The molecule has 2 saturated carbocycles. The van der Waals surface area contributed by atoms with Gasteiger partial charge in [-0.1, -0.05) is 32.6 Å². The van der Waals surface area contributed by atoms with Crippen molar-refractivity contribution in [1.82, 2.24) is 0 Å². The number of ketones is 1. The summed E-state index contributed by atoms with van der Waals surface area (Å²) in [6.45, 7) is 2.15. The minimum absolute atomic E-state index is 0.166. The maximum Gasteiger partial charge on any atom is 0.307 e. The van der Waals surface area contributed by atoms with E-state index in [1.807, 2.05) is 0 Å². The third-order valence-electron chi connectivity index (χ3n) is 4.42. The molecule has 3 heteroatoms. The number of carbonyl (C=O) groups excluding carboxylic acids is 1. The Balaban J connectivity index is 1.94. The van der Waals surface area contributed by atoms with Crippen LogP contribution in [-0.4, -0.2) is 16.9 Å². The van der Waals surface area contributed by atoms with E-state index in [1.165, 1.54) is 12.8 Å². The van der Waals surface area contributed by atoms with Gasteiger partial charge in [0.2, 0.25) is 0 Å². The number of carboxylic acid groups (broad SMARTS) is 1. The van der Waals surface area contributed by atoms with Crippen LogP contribution in [0.1, 0.15) is 51.9 Å². The molecule has 16 heavy (non-hydrogen) atoms. The summed E-state index contributed by atoms with van der Waals surface area (Å²) in [7, 11) is 0. The van der Waals surface area contributed by atoms with Gasteiger partial charge in [-0.15, -0.1) is 0 Å². The number of carboxylic acids is 1. The zero-order chi connectivity index (χ0) is 11.8. The van der Waals surface area contributed by atoms with Crippen LogP contribution >= 0.6 is 0 Å². The van der Waals surface area contributed by atoms with Crippen molar-refractivity contribution in [1.29, 1.82) is 0 Å². The topological polar surface area (TPSA) is 54.4 Å². The first-order valence-electron chi connectivity index (χ1n) is 6.40. The van der Waals surface area contributed by atoms with E-state index in [4.69, 9.17) is 5.11 Å². The van der Waals surface area contributed by atoms with E-state index in [-0.39, 0.29) is 17.6 Å². The molecule has 2 rings (SSSR count). The molecule has 90 valence electrons. The monoisotopic (exact) mass is 224 g/mol. The number of hydrogen-bond acceptors (Lipinski definition) is 2. The summed E-state index contributed by atoms with van der Waals surface area (Å²) in [5.41, 5.74) is -0.431. The zero-order valence-corrected chi connectivity index (χ0v) is 9.87. The highest BCUT2D eigenvalue weighted by molar-refractivity contribution is 5.98. The highest BCUT2D eigenvalue weighted by atomic mass is 16.4. The van der Waals surface area contributed by atoms with Crippen LogP contribution in [0.2, 0.25) is 0 Å². The molecule has 1 N–H and O–H groups in total. The van der Waals surface area contributed by atoms with Crippen molar-refractivity contribution in [2.45, 2.75) is 51.9 Å². The number of unbranched alkanes of at least 4 members (excludes halogenated alkanes) is 3.